The van der Waals surface area contributed by atoms with E-state index in [1.165, 1.54) is 30.4 Å². The Labute approximate surface area is 127 Å². The van der Waals surface area contributed by atoms with Gasteiger partial charge in [0.05, 0.1) is 0 Å². The van der Waals surface area contributed by atoms with E-state index in [0.717, 1.165) is 18.8 Å². The third-order valence-corrected chi connectivity index (χ3v) is 4.34. The van der Waals surface area contributed by atoms with Crippen LogP contribution in [-0.4, -0.2) is 36.6 Å². The highest BCUT2D eigenvalue weighted by molar-refractivity contribution is 5.89. The molecule has 1 heterocycles. The van der Waals surface area contributed by atoms with Gasteiger partial charge in [-0.1, -0.05) is 12.5 Å². The predicted octanol–water partition coefficient (Wildman–Crippen LogP) is 3.30. The van der Waals surface area contributed by atoms with Gasteiger partial charge >= 0.3 is 6.03 Å². The Hall–Kier alpha value is -1.55. The van der Waals surface area contributed by atoms with E-state index in [0.29, 0.717) is 12.6 Å². The average molecular weight is 289 g/mol. The number of benzene rings is 1. The standard InChI is InChI=1S/C17H27N3O/c1-13-7-8-16(11-14(13)2)19-17(21)18-12-15(3)20-9-5-4-6-10-20/h7-8,11,15H,4-6,9-10,12H2,1-3H3,(H2,18,19,21). The van der Waals surface area contributed by atoms with Crippen molar-refractivity contribution < 1.29 is 4.79 Å². The first-order valence-electron chi connectivity index (χ1n) is 7.92. The highest BCUT2D eigenvalue weighted by Crippen LogP contribution is 2.14. The molecule has 0 spiro atoms. The third kappa shape index (κ3) is 4.74. The number of carbonyl (C=O) groups excluding carboxylic acids is 1. The molecule has 4 heteroatoms. The fraction of sp³-hybridized carbons (Fsp3) is 0.588. The largest absolute Gasteiger partial charge is 0.336 e. The van der Waals surface area contributed by atoms with E-state index in [1.54, 1.807) is 0 Å². The fourth-order valence-electron chi connectivity index (χ4n) is 2.72. The second kappa shape index (κ2) is 7.46. The molecule has 21 heavy (non-hydrogen) atoms. The van der Waals surface area contributed by atoms with Crippen LogP contribution in [0.15, 0.2) is 18.2 Å². The zero-order chi connectivity index (χ0) is 15.2. The molecule has 2 amide bonds. The van der Waals surface area contributed by atoms with E-state index in [1.807, 2.05) is 18.2 Å². The molecule has 1 unspecified atom stereocenters. The van der Waals surface area contributed by atoms with Crippen molar-refractivity contribution in [2.45, 2.75) is 46.1 Å². The molecule has 1 atom stereocenters. The molecule has 1 fully saturated rings. The molecule has 0 radical (unpaired) electrons. The quantitative estimate of drug-likeness (QED) is 0.893. The molecule has 0 bridgehead atoms. The smallest absolute Gasteiger partial charge is 0.319 e. The molecule has 1 aliphatic rings. The van der Waals surface area contributed by atoms with E-state index < -0.39 is 0 Å². The number of likely N-dealkylation sites (tertiary alicyclic amines) is 1. The maximum Gasteiger partial charge on any atom is 0.319 e. The number of amides is 2. The summed E-state index contributed by atoms with van der Waals surface area (Å²) in [4.78, 5) is 14.4. The van der Waals surface area contributed by atoms with Crippen LogP contribution in [0.2, 0.25) is 0 Å². The molecule has 1 aromatic carbocycles. The molecule has 116 valence electrons. The van der Waals surface area contributed by atoms with Crippen molar-refractivity contribution in [1.29, 1.82) is 0 Å². The maximum absolute atomic E-state index is 12.0. The fourth-order valence-corrected chi connectivity index (χ4v) is 2.72. The molecular formula is C17H27N3O. The second-order valence-corrected chi connectivity index (χ2v) is 6.08. The van der Waals surface area contributed by atoms with Gasteiger partial charge in [0, 0.05) is 18.3 Å². The molecular weight excluding hydrogens is 262 g/mol. The van der Waals surface area contributed by atoms with Crippen molar-refractivity contribution in [2.75, 3.05) is 25.0 Å². The lowest BCUT2D eigenvalue weighted by Gasteiger charge is -2.32. The van der Waals surface area contributed by atoms with E-state index >= 15 is 0 Å². The number of hydrogen-bond donors (Lipinski definition) is 2. The van der Waals surface area contributed by atoms with Crippen molar-refractivity contribution >= 4 is 11.7 Å². The number of anilines is 1. The minimum atomic E-state index is -0.123. The second-order valence-electron chi connectivity index (χ2n) is 6.08. The number of rotatable bonds is 4. The Kier molecular flexibility index (Phi) is 5.62. The predicted molar refractivity (Wildman–Crippen MR) is 87.8 cm³/mol. The Morgan fingerprint density at radius 3 is 2.57 bits per heavy atom. The van der Waals surface area contributed by atoms with Crippen molar-refractivity contribution in [3.8, 4) is 0 Å². The highest BCUT2D eigenvalue weighted by Gasteiger charge is 2.17. The topological polar surface area (TPSA) is 44.4 Å². The highest BCUT2D eigenvalue weighted by atomic mass is 16.2. The molecule has 0 aliphatic carbocycles. The van der Waals surface area contributed by atoms with Crippen LogP contribution >= 0.6 is 0 Å². The lowest BCUT2D eigenvalue weighted by molar-refractivity contribution is 0.171. The van der Waals surface area contributed by atoms with Gasteiger partial charge < -0.3 is 10.6 Å². The van der Waals surface area contributed by atoms with Crippen molar-refractivity contribution in [3.05, 3.63) is 29.3 Å². The number of nitrogens with zero attached hydrogens (tertiary/aromatic N) is 1. The summed E-state index contributed by atoms with van der Waals surface area (Å²) in [5.74, 6) is 0. The van der Waals surface area contributed by atoms with Crippen molar-refractivity contribution in [1.82, 2.24) is 10.2 Å². The molecule has 0 aromatic heterocycles. The van der Waals surface area contributed by atoms with Gasteiger partial charge in [0.1, 0.15) is 0 Å². The zero-order valence-electron chi connectivity index (χ0n) is 13.4. The van der Waals surface area contributed by atoms with Crippen LogP contribution in [0.3, 0.4) is 0 Å². The van der Waals surface area contributed by atoms with Gasteiger partial charge in [-0.25, -0.2) is 4.79 Å². The summed E-state index contributed by atoms with van der Waals surface area (Å²) in [7, 11) is 0. The van der Waals surface area contributed by atoms with Gasteiger partial charge in [-0.05, 0) is 70.0 Å². The summed E-state index contributed by atoms with van der Waals surface area (Å²) < 4.78 is 0. The van der Waals surface area contributed by atoms with Gasteiger partial charge in [-0.15, -0.1) is 0 Å². The van der Waals surface area contributed by atoms with Crippen molar-refractivity contribution in [2.24, 2.45) is 0 Å². The van der Waals surface area contributed by atoms with Gasteiger partial charge in [0.15, 0.2) is 0 Å². The summed E-state index contributed by atoms with van der Waals surface area (Å²) in [6, 6.07) is 6.25. The first-order valence-corrected chi connectivity index (χ1v) is 7.92. The Bertz CT molecular complexity index is 481. The number of urea groups is 1. The first kappa shape index (κ1) is 15.8. The summed E-state index contributed by atoms with van der Waals surface area (Å²) in [5, 5.41) is 5.87. The molecule has 4 nitrogen and oxygen atoms in total. The number of nitrogens with one attached hydrogen (secondary N) is 2. The minimum Gasteiger partial charge on any atom is -0.336 e. The van der Waals surface area contributed by atoms with E-state index in [4.69, 9.17) is 0 Å². The average Bonchev–Trinajstić information content (AvgIpc) is 2.49. The monoisotopic (exact) mass is 289 g/mol. The molecule has 2 rings (SSSR count). The van der Waals surface area contributed by atoms with E-state index in [-0.39, 0.29) is 6.03 Å². The summed E-state index contributed by atoms with van der Waals surface area (Å²) >= 11 is 0. The van der Waals surface area contributed by atoms with E-state index in [2.05, 4.69) is 36.3 Å². The SMILES string of the molecule is Cc1ccc(NC(=O)NCC(C)N2CCCCC2)cc1C. The Morgan fingerprint density at radius 2 is 1.90 bits per heavy atom. The lowest BCUT2D eigenvalue weighted by atomic mass is 10.1. The van der Waals surface area contributed by atoms with Gasteiger partial charge in [-0.2, -0.15) is 0 Å². The van der Waals surface area contributed by atoms with Gasteiger partial charge in [0.25, 0.3) is 0 Å². The first-order chi connectivity index (χ1) is 10.1. The zero-order valence-corrected chi connectivity index (χ0v) is 13.4. The van der Waals surface area contributed by atoms with Gasteiger partial charge in [-0.3, -0.25) is 4.90 Å². The normalized spacial score (nSPS) is 17.3. The van der Waals surface area contributed by atoms with E-state index in [9.17, 15) is 4.79 Å². The lowest BCUT2D eigenvalue weighted by Crippen LogP contribution is -2.45. The van der Waals surface area contributed by atoms with Crippen molar-refractivity contribution in [3.63, 3.8) is 0 Å². The Balaban J connectivity index is 1.77. The molecule has 1 aromatic rings. The molecule has 2 N–H and O–H groups in total. The van der Waals surface area contributed by atoms with Gasteiger partial charge in [0.2, 0.25) is 0 Å². The summed E-state index contributed by atoms with van der Waals surface area (Å²) in [5.41, 5.74) is 3.27. The van der Waals surface area contributed by atoms with Crippen LogP contribution in [0.4, 0.5) is 10.5 Å². The van der Waals surface area contributed by atoms with Crippen LogP contribution < -0.4 is 10.6 Å². The molecule has 1 saturated heterocycles. The third-order valence-electron chi connectivity index (χ3n) is 4.34. The molecule has 0 saturated carbocycles. The minimum absolute atomic E-state index is 0.123. The van der Waals surface area contributed by atoms with Crippen LogP contribution in [-0.2, 0) is 0 Å². The van der Waals surface area contributed by atoms with Crippen LogP contribution in [0, 0.1) is 13.8 Å². The molecule has 1 aliphatic heterocycles. The van der Waals surface area contributed by atoms with Crippen LogP contribution in [0.1, 0.15) is 37.3 Å². The van der Waals surface area contributed by atoms with Crippen LogP contribution in [0.5, 0.6) is 0 Å². The summed E-state index contributed by atoms with van der Waals surface area (Å²) in [6.07, 6.45) is 3.89. The summed E-state index contributed by atoms with van der Waals surface area (Å²) in [6.45, 7) is 9.30. The number of piperidine rings is 1. The number of aryl methyl sites for hydroxylation is 2. The Morgan fingerprint density at radius 1 is 1.19 bits per heavy atom. The number of carbonyl (C=O) groups is 1. The van der Waals surface area contributed by atoms with Crippen LogP contribution in [0.25, 0.3) is 0 Å². The maximum atomic E-state index is 12.0. The number of hydrogen-bond acceptors (Lipinski definition) is 2.